The van der Waals surface area contributed by atoms with Crippen molar-refractivity contribution < 1.29 is 5.11 Å². The van der Waals surface area contributed by atoms with Crippen molar-refractivity contribution in [2.45, 2.75) is 136 Å². The molecular weight excluding hydrogens is 347 g/mol. The molecule has 2 heteroatoms. The molecule has 0 aromatic rings. The van der Waals surface area contributed by atoms with E-state index in [9.17, 15) is 5.11 Å². The smallest absolute Gasteiger partial charge is 0.154 e. The molecule has 0 spiro atoms. The van der Waals surface area contributed by atoms with Crippen LogP contribution in [0.25, 0.3) is 0 Å². The van der Waals surface area contributed by atoms with E-state index in [1.54, 1.807) is 0 Å². The van der Waals surface area contributed by atoms with Gasteiger partial charge in [-0.2, -0.15) is 0 Å². The lowest BCUT2D eigenvalue weighted by Gasteiger charge is -2.26. The van der Waals surface area contributed by atoms with E-state index in [-0.39, 0.29) is 0 Å². The Labute approximate surface area is 173 Å². The predicted molar refractivity (Wildman–Crippen MR) is 129 cm³/mol. The third-order valence-electron chi connectivity index (χ3n) is 6.26. The second kappa shape index (κ2) is 21.1. The van der Waals surface area contributed by atoms with E-state index >= 15 is 0 Å². The maximum Gasteiger partial charge on any atom is 0.154 e. The first kappa shape index (κ1) is 27.4. The number of unbranched alkanes of at least 4 members (excludes halogenated alkanes) is 15. The normalized spacial score (nSPS) is 12.0. The van der Waals surface area contributed by atoms with E-state index in [0.29, 0.717) is 6.35 Å². The molecule has 0 aliphatic rings. The summed E-state index contributed by atoms with van der Waals surface area (Å²) in [5, 5.41) is 10.3. The fourth-order valence-electron chi connectivity index (χ4n) is 4.23. The van der Waals surface area contributed by atoms with Crippen LogP contribution in [0.2, 0.25) is 0 Å². The molecule has 0 radical (unpaired) electrons. The highest BCUT2D eigenvalue weighted by atomic mass is 31.2. The van der Waals surface area contributed by atoms with Crippen LogP contribution in [0.3, 0.4) is 0 Å². The van der Waals surface area contributed by atoms with Crippen LogP contribution in [-0.4, -0.2) is 29.9 Å². The quantitative estimate of drug-likeness (QED) is 0.142. The summed E-state index contributed by atoms with van der Waals surface area (Å²) in [4.78, 5) is 0. The van der Waals surface area contributed by atoms with Crippen molar-refractivity contribution in [1.82, 2.24) is 0 Å². The molecular formula is C25H54OP+. The number of hydrogen-bond donors (Lipinski definition) is 1. The monoisotopic (exact) mass is 401 g/mol. The van der Waals surface area contributed by atoms with Gasteiger partial charge in [0.05, 0.1) is 18.5 Å². The fraction of sp³-hybridized carbons (Fsp3) is 1.00. The molecule has 0 bridgehead atoms. The minimum absolute atomic E-state index is 0.534. The van der Waals surface area contributed by atoms with Gasteiger partial charge < -0.3 is 5.11 Å². The Morgan fingerprint density at radius 3 is 0.926 bits per heavy atom. The van der Waals surface area contributed by atoms with Gasteiger partial charge in [0.25, 0.3) is 0 Å². The number of rotatable bonds is 22. The molecule has 0 rings (SSSR count). The number of hydrogen-bond acceptors (Lipinski definition) is 1. The van der Waals surface area contributed by atoms with Crippen LogP contribution in [-0.2, 0) is 0 Å². The van der Waals surface area contributed by atoms with Gasteiger partial charge in [-0.15, -0.1) is 0 Å². The summed E-state index contributed by atoms with van der Waals surface area (Å²) in [5.41, 5.74) is 0. The molecule has 0 aromatic carbocycles. The van der Waals surface area contributed by atoms with Gasteiger partial charge >= 0.3 is 0 Å². The molecule has 164 valence electrons. The minimum atomic E-state index is -1.09. The van der Waals surface area contributed by atoms with E-state index < -0.39 is 7.26 Å². The van der Waals surface area contributed by atoms with E-state index in [4.69, 9.17) is 0 Å². The van der Waals surface area contributed by atoms with Crippen LogP contribution < -0.4 is 0 Å². The maximum absolute atomic E-state index is 10.3. The Morgan fingerprint density at radius 2 is 0.667 bits per heavy atom. The van der Waals surface area contributed by atoms with Crippen molar-refractivity contribution in [3.63, 3.8) is 0 Å². The Bertz CT molecular complexity index is 239. The van der Waals surface area contributed by atoms with Gasteiger partial charge in [-0.1, -0.05) is 97.8 Å². The van der Waals surface area contributed by atoms with Crippen molar-refractivity contribution in [1.29, 1.82) is 0 Å². The molecule has 0 heterocycles. The van der Waals surface area contributed by atoms with Gasteiger partial charge in [-0.25, -0.2) is 0 Å². The second-order valence-corrected chi connectivity index (χ2v) is 13.3. The molecule has 0 aliphatic carbocycles. The second-order valence-electron chi connectivity index (χ2n) is 8.96. The Kier molecular flexibility index (Phi) is 21.4. The van der Waals surface area contributed by atoms with E-state index in [1.165, 1.54) is 134 Å². The highest BCUT2D eigenvalue weighted by Crippen LogP contribution is 2.60. The van der Waals surface area contributed by atoms with Gasteiger partial charge in [0.1, 0.15) is 0 Å². The molecule has 0 aromatic heterocycles. The first-order valence-electron chi connectivity index (χ1n) is 12.7. The van der Waals surface area contributed by atoms with Crippen molar-refractivity contribution in [2.75, 3.05) is 24.8 Å². The van der Waals surface area contributed by atoms with E-state index in [2.05, 4.69) is 20.8 Å². The van der Waals surface area contributed by atoms with Crippen LogP contribution in [0.15, 0.2) is 0 Å². The summed E-state index contributed by atoms with van der Waals surface area (Å²) < 4.78 is 0. The van der Waals surface area contributed by atoms with Gasteiger partial charge in [-0.05, 0) is 38.5 Å². The summed E-state index contributed by atoms with van der Waals surface area (Å²) in [6, 6.07) is 0. The van der Waals surface area contributed by atoms with Gasteiger partial charge in [0.15, 0.2) is 6.35 Å². The van der Waals surface area contributed by atoms with Gasteiger partial charge in [-0.3, -0.25) is 0 Å². The summed E-state index contributed by atoms with van der Waals surface area (Å²) >= 11 is 0. The molecule has 0 fully saturated rings. The lowest BCUT2D eigenvalue weighted by atomic mass is 10.1. The zero-order chi connectivity index (χ0) is 20.1. The minimum Gasteiger partial charge on any atom is -0.362 e. The molecule has 27 heavy (non-hydrogen) atoms. The molecule has 0 saturated heterocycles. The average molecular weight is 402 g/mol. The van der Waals surface area contributed by atoms with Crippen molar-refractivity contribution >= 4 is 7.26 Å². The molecule has 0 aliphatic heterocycles. The van der Waals surface area contributed by atoms with Crippen LogP contribution in [0.4, 0.5) is 0 Å². The van der Waals surface area contributed by atoms with E-state index in [0.717, 1.165) is 0 Å². The highest BCUT2D eigenvalue weighted by molar-refractivity contribution is 7.75. The predicted octanol–water partition coefficient (Wildman–Crippen LogP) is 9.04. The lowest BCUT2D eigenvalue weighted by molar-refractivity contribution is 0.365. The highest BCUT2D eigenvalue weighted by Gasteiger charge is 2.34. The summed E-state index contributed by atoms with van der Waals surface area (Å²) in [5.74, 6) is 0. The average Bonchev–Trinajstić information content (AvgIpc) is 2.69. The van der Waals surface area contributed by atoms with Crippen molar-refractivity contribution in [2.24, 2.45) is 0 Å². The summed E-state index contributed by atoms with van der Waals surface area (Å²) in [6.07, 6.45) is 29.7. The first-order chi connectivity index (χ1) is 13.2. The maximum atomic E-state index is 10.3. The molecule has 1 nitrogen and oxygen atoms in total. The Morgan fingerprint density at radius 1 is 0.407 bits per heavy atom. The topological polar surface area (TPSA) is 20.2 Å². The standard InChI is InChI=1S/C25H54OP/c1-4-7-10-13-16-19-22-27(25-26,23-20-17-14-11-8-5-2)24-21-18-15-12-9-6-3/h26H,4-25H2,1-3H3/q+1. The van der Waals surface area contributed by atoms with E-state index in [1.807, 2.05) is 0 Å². The van der Waals surface area contributed by atoms with Crippen molar-refractivity contribution in [3.8, 4) is 0 Å². The SMILES string of the molecule is CCCCCCCC[P+](CO)(CCCCCCCC)CCCCCCCC. The van der Waals surface area contributed by atoms with Crippen LogP contribution in [0.1, 0.15) is 136 Å². The summed E-state index contributed by atoms with van der Waals surface area (Å²) in [7, 11) is -1.09. The van der Waals surface area contributed by atoms with Crippen LogP contribution in [0, 0.1) is 0 Å². The summed E-state index contributed by atoms with van der Waals surface area (Å²) in [6.45, 7) is 6.88. The lowest BCUT2D eigenvalue weighted by Crippen LogP contribution is -2.13. The fourth-order valence-corrected chi connectivity index (χ4v) is 8.01. The number of aliphatic hydroxyl groups is 1. The molecule has 1 N–H and O–H groups in total. The molecule has 0 saturated carbocycles. The first-order valence-corrected chi connectivity index (χ1v) is 15.2. The largest absolute Gasteiger partial charge is 0.362 e. The molecule has 0 amide bonds. The third kappa shape index (κ3) is 17.0. The molecule has 0 atom stereocenters. The third-order valence-corrected chi connectivity index (χ3v) is 10.7. The van der Waals surface area contributed by atoms with Crippen LogP contribution >= 0.6 is 7.26 Å². The van der Waals surface area contributed by atoms with Gasteiger partial charge in [0, 0.05) is 7.26 Å². The number of aliphatic hydroxyl groups excluding tert-OH is 1. The zero-order valence-electron chi connectivity index (χ0n) is 19.5. The zero-order valence-corrected chi connectivity index (χ0v) is 20.3. The molecule has 0 unspecified atom stereocenters. The Balaban J connectivity index is 4.23. The Hall–Kier alpha value is 0.390. The van der Waals surface area contributed by atoms with Crippen LogP contribution in [0.5, 0.6) is 0 Å². The van der Waals surface area contributed by atoms with Crippen molar-refractivity contribution in [3.05, 3.63) is 0 Å². The van der Waals surface area contributed by atoms with Gasteiger partial charge in [0.2, 0.25) is 0 Å².